The molecule has 0 amide bonds. The van der Waals surface area contributed by atoms with E-state index in [1.165, 1.54) is 23.7 Å². The molecule has 10 heteroatoms. The first-order chi connectivity index (χ1) is 12.4. The minimum Gasteiger partial charge on any atom is -0.423 e. The number of fused-ring (bicyclic) bond motifs is 5. The van der Waals surface area contributed by atoms with Gasteiger partial charge in [-0.25, -0.2) is 13.4 Å². The van der Waals surface area contributed by atoms with Crippen LogP contribution in [0.2, 0.25) is 0 Å². The number of nitrogens with two attached hydrogens (primary N) is 1. The van der Waals surface area contributed by atoms with E-state index < -0.39 is 9.84 Å². The van der Waals surface area contributed by atoms with Gasteiger partial charge in [-0.3, -0.25) is 0 Å². The summed E-state index contributed by atoms with van der Waals surface area (Å²) >= 11 is 1.47. The molecule has 136 valence electrons. The molecular formula is C16H16N4O4S2. The number of nitrogen functional groups attached to an aromatic ring is 1. The molecule has 1 aromatic carbocycles. The normalized spacial score (nSPS) is 22.6. The van der Waals surface area contributed by atoms with Crippen LogP contribution in [0, 0.1) is 0 Å². The average Bonchev–Trinajstić information content (AvgIpc) is 3.15. The van der Waals surface area contributed by atoms with Gasteiger partial charge in [0.15, 0.2) is 20.6 Å². The molecule has 0 aliphatic carbocycles. The van der Waals surface area contributed by atoms with Crippen LogP contribution in [0.25, 0.3) is 11.1 Å². The van der Waals surface area contributed by atoms with Gasteiger partial charge >= 0.3 is 0 Å². The van der Waals surface area contributed by atoms with Crippen LogP contribution in [0.3, 0.4) is 0 Å². The molecule has 3 aromatic rings. The van der Waals surface area contributed by atoms with E-state index in [4.69, 9.17) is 14.9 Å². The third-order valence-electron chi connectivity index (χ3n) is 4.79. The van der Waals surface area contributed by atoms with Gasteiger partial charge in [-0.2, -0.15) is 4.98 Å². The van der Waals surface area contributed by atoms with E-state index in [0.717, 1.165) is 10.6 Å². The van der Waals surface area contributed by atoms with Crippen molar-refractivity contribution in [3.8, 4) is 0 Å². The van der Waals surface area contributed by atoms with Gasteiger partial charge in [0.2, 0.25) is 0 Å². The number of rotatable bonds is 2. The lowest BCUT2D eigenvalue weighted by atomic mass is 9.97. The first-order valence-electron chi connectivity index (χ1n) is 8.12. The molecular weight excluding hydrogens is 376 g/mol. The number of anilines is 2. The van der Waals surface area contributed by atoms with Gasteiger partial charge in [-0.1, -0.05) is 11.3 Å². The Kier molecular flexibility index (Phi) is 3.34. The van der Waals surface area contributed by atoms with Gasteiger partial charge in [0.05, 0.1) is 40.8 Å². The Hall–Kier alpha value is -2.17. The number of thiazole rings is 1. The summed E-state index contributed by atoms with van der Waals surface area (Å²) in [6.07, 6.45) is 1.89. The van der Waals surface area contributed by atoms with Crippen molar-refractivity contribution in [1.29, 1.82) is 0 Å². The molecule has 5 rings (SSSR count). The quantitative estimate of drug-likeness (QED) is 0.702. The second-order valence-corrected chi connectivity index (χ2v) is 9.66. The highest BCUT2D eigenvalue weighted by Crippen LogP contribution is 2.43. The molecule has 4 heterocycles. The molecule has 26 heavy (non-hydrogen) atoms. The molecule has 2 N–H and O–H groups in total. The van der Waals surface area contributed by atoms with E-state index in [2.05, 4.69) is 14.9 Å². The zero-order valence-corrected chi connectivity index (χ0v) is 15.5. The van der Waals surface area contributed by atoms with Crippen molar-refractivity contribution in [3.05, 3.63) is 28.8 Å². The third-order valence-corrected chi connectivity index (χ3v) is 6.93. The van der Waals surface area contributed by atoms with Crippen molar-refractivity contribution in [3.63, 3.8) is 0 Å². The largest absolute Gasteiger partial charge is 0.423 e. The first-order valence-corrected chi connectivity index (χ1v) is 10.8. The lowest BCUT2D eigenvalue weighted by Crippen LogP contribution is -2.51. The summed E-state index contributed by atoms with van der Waals surface area (Å²) in [6, 6.07) is 5.22. The summed E-state index contributed by atoms with van der Waals surface area (Å²) in [5, 5.41) is 0.554. The summed E-state index contributed by atoms with van der Waals surface area (Å²) in [6.45, 7) is 1.07. The third kappa shape index (κ3) is 2.40. The summed E-state index contributed by atoms with van der Waals surface area (Å²) in [4.78, 5) is 12.4. The summed E-state index contributed by atoms with van der Waals surface area (Å²) in [5.74, 6) is 0. The van der Waals surface area contributed by atoms with Crippen molar-refractivity contribution < 1.29 is 17.6 Å². The maximum absolute atomic E-state index is 11.8. The van der Waals surface area contributed by atoms with Crippen LogP contribution in [0.4, 0.5) is 11.1 Å². The molecule has 2 aliphatic heterocycles. The second-order valence-electron chi connectivity index (χ2n) is 6.58. The number of hydrogen-bond donors (Lipinski definition) is 1. The Balaban J connectivity index is 1.61. The van der Waals surface area contributed by atoms with E-state index in [9.17, 15) is 8.42 Å². The lowest BCUT2D eigenvalue weighted by Gasteiger charge is -2.43. The highest BCUT2D eigenvalue weighted by atomic mass is 32.2. The van der Waals surface area contributed by atoms with Crippen LogP contribution >= 0.6 is 11.3 Å². The zero-order chi connectivity index (χ0) is 18.1. The first kappa shape index (κ1) is 16.0. The molecule has 2 aliphatic rings. The molecule has 0 radical (unpaired) electrons. The van der Waals surface area contributed by atoms with Crippen LogP contribution < -0.4 is 10.6 Å². The Morgan fingerprint density at radius 3 is 2.96 bits per heavy atom. The molecule has 0 saturated carbocycles. The minimum atomic E-state index is -3.30. The predicted molar refractivity (Wildman–Crippen MR) is 97.2 cm³/mol. The summed E-state index contributed by atoms with van der Waals surface area (Å²) in [5.41, 5.74) is 8.00. The highest BCUT2D eigenvalue weighted by Gasteiger charge is 2.42. The second kappa shape index (κ2) is 5.41. The van der Waals surface area contributed by atoms with Gasteiger partial charge in [0, 0.05) is 12.7 Å². The fourth-order valence-corrected chi connectivity index (χ4v) is 5.21. The number of nitrogens with zero attached hydrogens (tertiary/aromatic N) is 3. The van der Waals surface area contributed by atoms with E-state index in [0.29, 0.717) is 41.9 Å². The monoisotopic (exact) mass is 392 g/mol. The minimum absolute atomic E-state index is 0.0465. The smallest absolute Gasteiger partial charge is 0.299 e. The Morgan fingerprint density at radius 1 is 1.31 bits per heavy atom. The number of ether oxygens (including phenoxy) is 1. The Labute approximate surface area is 153 Å². The highest BCUT2D eigenvalue weighted by molar-refractivity contribution is 7.90. The van der Waals surface area contributed by atoms with Crippen LogP contribution in [0.15, 0.2) is 27.5 Å². The predicted octanol–water partition coefficient (Wildman–Crippen LogP) is 1.77. The maximum atomic E-state index is 11.8. The zero-order valence-electron chi connectivity index (χ0n) is 13.9. The van der Waals surface area contributed by atoms with Crippen LogP contribution in [-0.4, -0.2) is 43.9 Å². The maximum Gasteiger partial charge on any atom is 0.299 e. The molecule has 1 fully saturated rings. The topological polar surface area (TPSA) is 112 Å². The van der Waals surface area contributed by atoms with E-state index in [1.807, 2.05) is 0 Å². The Bertz CT molecular complexity index is 1120. The molecule has 2 bridgehead atoms. The number of oxazole rings is 1. The Morgan fingerprint density at radius 2 is 2.15 bits per heavy atom. The standard InChI is InChI=1S/C16H16N4O4S2/c1-26(21,22)9-2-3-13-10(5-9)19-16(24-13)20-8-4-11-14(25-15(17)18-11)12(20)7-23-6-8/h2-3,5,8,12H,4,6-7H2,1H3,(H2,17,18)/t8-,12-/m0/s1. The van der Waals surface area contributed by atoms with Gasteiger partial charge in [-0.05, 0) is 18.2 Å². The van der Waals surface area contributed by atoms with Crippen molar-refractivity contribution in [2.45, 2.75) is 23.4 Å². The van der Waals surface area contributed by atoms with Crippen LogP contribution in [0.1, 0.15) is 16.6 Å². The van der Waals surface area contributed by atoms with Gasteiger partial charge < -0.3 is 19.8 Å². The van der Waals surface area contributed by atoms with Crippen molar-refractivity contribution in [2.24, 2.45) is 0 Å². The van der Waals surface area contributed by atoms with Crippen LogP contribution in [0.5, 0.6) is 0 Å². The number of benzene rings is 1. The molecule has 8 nitrogen and oxygen atoms in total. The summed E-state index contributed by atoms with van der Waals surface area (Å²) < 4.78 is 35.3. The number of hydrogen-bond acceptors (Lipinski definition) is 9. The molecule has 2 aromatic heterocycles. The van der Waals surface area contributed by atoms with Crippen LogP contribution in [-0.2, 0) is 21.0 Å². The molecule has 2 atom stereocenters. The van der Waals surface area contributed by atoms with Gasteiger partial charge in [0.1, 0.15) is 5.52 Å². The van der Waals surface area contributed by atoms with Crippen molar-refractivity contribution >= 4 is 43.4 Å². The van der Waals surface area contributed by atoms with E-state index in [-0.39, 0.29) is 17.0 Å². The fourth-order valence-electron chi connectivity index (χ4n) is 3.63. The summed E-state index contributed by atoms with van der Waals surface area (Å²) in [7, 11) is -3.30. The molecule has 1 saturated heterocycles. The molecule has 0 spiro atoms. The number of sulfone groups is 1. The molecule has 0 unspecified atom stereocenters. The lowest BCUT2D eigenvalue weighted by molar-refractivity contribution is 0.0579. The van der Waals surface area contributed by atoms with E-state index >= 15 is 0 Å². The number of morpholine rings is 1. The van der Waals surface area contributed by atoms with Crippen molar-refractivity contribution in [1.82, 2.24) is 9.97 Å². The SMILES string of the molecule is CS(=O)(=O)c1ccc2oc(N3[C@@H]4COC[C@H]3c3sc(N)nc3C4)nc2c1. The van der Waals surface area contributed by atoms with Gasteiger partial charge in [-0.15, -0.1) is 0 Å². The average molecular weight is 392 g/mol. The number of aromatic nitrogens is 2. The fraction of sp³-hybridized carbons (Fsp3) is 0.375. The van der Waals surface area contributed by atoms with E-state index in [1.54, 1.807) is 12.1 Å². The van der Waals surface area contributed by atoms with Gasteiger partial charge in [0.25, 0.3) is 6.01 Å². The van der Waals surface area contributed by atoms with Crippen molar-refractivity contribution in [2.75, 3.05) is 30.1 Å².